The zero-order valence-electron chi connectivity index (χ0n) is 12.8. The summed E-state index contributed by atoms with van der Waals surface area (Å²) in [5, 5.41) is 0. The molecule has 1 unspecified atom stereocenters. The molecule has 0 bridgehead atoms. The number of benzene rings is 1. The zero-order chi connectivity index (χ0) is 14.5. The molecule has 1 amide bonds. The Hall–Kier alpha value is -1.35. The highest BCUT2D eigenvalue weighted by Gasteiger charge is 2.29. The molecule has 3 nitrogen and oxygen atoms in total. The smallest absolute Gasteiger partial charge is 0.225 e. The molecule has 1 aromatic rings. The maximum Gasteiger partial charge on any atom is 0.225 e. The van der Waals surface area contributed by atoms with Crippen molar-refractivity contribution in [2.24, 2.45) is 0 Å². The summed E-state index contributed by atoms with van der Waals surface area (Å²) in [4.78, 5) is 14.3. The lowest BCUT2D eigenvalue weighted by Gasteiger charge is -2.25. The Morgan fingerprint density at radius 1 is 1.35 bits per heavy atom. The topological polar surface area (TPSA) is 29.5 Å². The largest absolute Gasteiger partial charge is 0.381 e. The number of nitrogens with zero attached hydrogens (tertiary/aromatic N) is 1. The van der Waals surface area contributed by atoms with Crippen LogP contribution in [0.3, 0.4) is 0 Å². The Morgan fingerprint density at radius 3 is 2.85 bits per heavy atom. The van der Waals surface area contributed by atoms with Crippen LogP contribution < -0.4 is 0 Å². The molecule has 0 radical (unpaired) electrons. The van der Waals surface area contributed by atoms with Gasteiger partial charge in [0, 0.05) is 13.2 Å². The summed E-state index contributed by atoms with van der Waals surface area (Å²) < 4.78 is 5.29. The molecule has 1 aliphatic rings. The Balaban J connectivity index is 2.06. The lowest BCUT2D eigenvalue weighted by Crippen LogP contribution is -2.31. The number of amides is 1. The molecule has 0 saturated carbocycles. The first kappa shape index (κ1) is 15.0. The minimum atomic E-state index is 0.221. The Labute approximate surface area is 121 Å². The predicted octanol–water partition coefficient (Wildman–Crippen LogP) is 3.39. The first-order valence-corrected chi connectivity index (χ1v) is 7.58. The molecule has 3 heteroatoms. The van der Waals surface area contributed by atoms with E-state index in [9.17, 15) is 4.79 Å². The van der Waals surface area contributed by atoms with Gasteiger partial charge >= 0.3 is 0 Å². The van der Waals surface area contributed by atoms with Gasteiger partial charge in [-0.15, -0.1) is 0 Å². The van der Waals surface area contributed by atoms with Crippen molar-refractivity contribution in [2.75, 3.05) is 19.8 Å². The van der Waals surface area contributed by atoms with E-state index in [0.717, 1.165) is 19.4 Å². The van der Waals surface area contributed by atoms with Crippen LogP contribution in [-0.4, -0.2) is 30.6 Å². The van der Waals surface area contributed by atoms with Crippen LogP contribution in [0.5, 0.6) is 0 Å². The highest BCUT2D eigenvalue weighted by atomic mass is 16.5. The van der Waals surface area contributed by atoms with E-state index in [2.05, 4.69) is 32.0 Å². The van der Waals surface area contributed by atoms with Crippen LogP contribution in [0, 0.1) is 13.8 Å². The standard InChI is InChI=1S/C17H25NO2/c1-4-20-11-9-17(19)18-10-5-6-16(18)15-8-7-13(2)14(3)12-15/h7-8,12,16H,4-6,9-11H2,1-3H3. The summed E-state index contributed by atoms with van der Waals surface area (Å²) in [6.45, 7) is 8.30. The van der Waals surface area contributed by atoms with Crippen LogP contribution in [0.15, 0.2) is 18.2 Å². The third-order valence-electron chi connectivity index (χ3n) is 4.15. The van der Waals surface area contributed by atoms with E-state index in [0.29, 0.717) is 19.6 Å². The van der Waals surface area contributed by atoms with Crippen molar-refractivity contribution in [3.8, 4) is 0 Å². The summed E-state index contributed by atoms with van der Waals surface area (Å²) in [5.41, 5.74) is 3.88. The minimum absolute atomic E-state index is 0.221. The summed E-state index contributed by atoms with van der Waals surface area (Å²) >= 11 is 0. The van der Waals surface area contributed by atoms with Gasteiger partial charge in [-0.05, 0) is 50.3 Å². The Kier molecular flexibility index (Phi) is 5.18. The Bertz CT molecular complexity index is 470. The van der Waals surface area contributed by atoms with Crippen LogP contribution in [0.25, 0.3) is 0 Å². The maximum atomic E-state index is 12.3. The van der Waals surface area contributed by atoms with Crippen LogP contribution in [0.4, 0.5) is 0 Å². The third kappa shape index (κ3) is 3.40. The van der Waals surface area contributed by atoms with Gasteiger partial charge in [0.25, 0.3) is 0 Å². The van der Waals surface area contributed by atoms with E-state index in [1.165, 1.54) is 16.7 Å². The third-order valence-corrected chi connectivity index (χ3v) is 4.15. The van der Waals surface area contributed by atoms with E-state index in [1.54, 1.807) is 0 Å². The summed E-state index contributed by atoms with van der Waals surface area (Å²) in [6, 6.07) is 6.81. The van der Waals surface area contributed by atoms with Crippen molar-refractivity contribution in [2.45, 2.75) is 46.1 Å². The molecular formula is C17H25NO2. The second kappa shape index (κ2) is 6.89. The second-order valence-electron chi connectivity index (χ2n) is 5.54. The molecule has 0 spiro atoms. The molecule has 0 N–H and O–H groups in total. The molecule has 1 fully saturated rings. The normalized spacial score (nSPS) is 18.6. The fraction of sp³-hybridized carbons (Fsp3) is 0.588. The van der Waals surface area contributed by atoms with Crippen LogP contribution >= 0.6 is 0 Å². The summed E-state index contributed by atoms with van der Waals surface area (Å²) in [6.07, 6.45) is 2.66. The van der Waals surface area contributed by atoms with Crippen molar-refractivity contribution < 1.29 is 9.53 Å². The van der Waals surface area contributed by atoms with Crippen molar-refractivity contribution in [3.05, 3.63) is 34.9 Å². The van der Waals surface area contributed by atoms with Crippen molar-refractivity contribution >= 4 is 5.91 Å². The number of hydrogen-bond acceptors (Lipinski definition) is 2. The number of hydrogen-bond donors (Lipinski definition) is 0. The molecule has 1 aliphatic heterocycles. The van der Waals surface area contributed by atoms with Crippen LogP contribution in [-0.2, 0) is 9.53 Å². The van der Waals surface area contributed by atoms with E-state index in [-0.39, 0.29) is 11.9 Å². The average molecular weight is 275 g/mol. The molecule has 1 saturated heterocycles. The van der Waals surface area contributed by atoms with E-state index in [1.807, 2.05) is 11.8 Å². The van der Waals surface area contributed by atoms with Crippen LogP contribution in [0.1, 0.15) is 48.9 Å². The molecule has 1 atom stereocenters. The van der Waals surface area contributed by atoms with Crippen molar-refractivity contribution in [1.82, 2.24) is 4.90 Å². The van der Waals surface area contributed by atoms with Crippen LogP contribution in [0.2, 0.25) is 0 Å². The second-order valence-corrected chi connectivity index (χ2v) is 5.54. The van der Waals surface area contributed by atoms with E-state index in [4.69, 9.17) is 4.74 Å². The average Bonchev–Trinajstić information content (AvgIpc) is 2.91. The Morgan fingerprint density at radius 2 is 2.15 bits per heavy atom. The first-order chi connectivity index (χ1) is 9.63. The zero-order valence-corrected chi connectivity index (χ0v) is 12.8. The van der Waals surface area contributed by atoms with Gasteiger partial charge in [-0.1, -0.05) is 18.2 Å². The lowest BCUT2D eigenvalue weighted by atomic mass is 9.99. The quantitative estimate of drug-likeness (QED) is 0.771. The van der Waals surface area contributed by atoms with Gasteiger partial charge < -0.3 is 9.64 Å². The molecular weight excluding hydrogens is 250 g/mol. The highest BCUT2D eigenvalue weighted by Crippen LogP contribution is 2.33. The highest BCUT2D eigenvalue weighted by molar-refractivity contribution is 5.77. The number of likely N-dealkylation sites (tertiary alicyclic amines) is 1. The molecule has 0 aliphatic carbocycles. The minimum Gasteiger partial charge on any atom is -0.381 e. The maximum absolute atomic E-state index is 12.3. The lowest BCUT2D eigenvalue weighted by molar-refractivity contribution is -0.133. The number of carbonyl (C=O) groups excluding carboxylic acids is 1. The molecule has 1 heterocycles. The van der Waals surface area contributed by atoms with Gasteiger partial charge in [-0.25, -0.2) is 0 Å². The molecule has 0 aromatic heterocycles. The fourth-order valence-electron chi connectivity index (χ4n) is 2.83. The number of rotatable bonds is 5. The number of ether oxygens (including phenoxy) is 1. The first-order valence-electron chi connectivity index (χ1n) is 7.58. The molecule has 1 aromatic carbocycles. The van der Waals surface area contributed by atoms with Crippen molar-refractivity contribution in [1.29, 1.82) is 0 Å². The van der Waals surface area contributed by atoms with Gasteiger partial charge in [0.05, 0.1) is 19.1 Å². The van der Waals surface area contributed by atoms with Gasteiger partial charge in [0.2, 0.25) is 5.91 Å². The van der Waals surface area contributed by atoms with Gasteiger partial charge in [0.15, 0.2) is 0 Å². The monoisotopic (exact) mass is 275 g/mol. The van der Waals surface area contributed by atoms with Crippen molar-refractivity contribution in [3.63, 3.8) is 0 Å². The van der Waals surface area contributed by atoms with Gasteiger partial charge in [-0.3, -0.25) is 4.79 Å². The fourth-order valence-corrected chi connectivity index (χ4v) is 2.83. The molecule has 110 valence electrons. The number of carbonyl (C=O) groups is 1. The van der Waals surface area contributed by atoms with E-state index < -0.39 is 0 Å². The molecule has 2 rings (SSSR count). The number of aryl methyl sites for hydroxylation is 2. The molecule has 20 heavy (non-hydrogen) atoms. The predicted molar refractivity (Wildman–Crippen MR) is 80.7 cm³/mol. The summed E-state index contributed by atoms with van der Waals surface area (Å²) in [7, 11) is 0. The summed E-state index contributed by atoms with van der Waals surface area (Å²) in [5.74, 6) is 0.221. The van der Waals surface area contributed by atoms with E-state index >= 15 is 0 Å². The SMILES string of the molecule is CCOCCC(=O)N1CCCC1c1ccc(C)c(C)c1. The van der Waals surface area contributed by atoms with Gasteiger partial charge in [-0.2, -0.15) is 0 Å². The van der Waals surface area contributed by atoms with Gasteiger partial charge in [0.1, 0.15) is 0 Å².